The monoisotopic (exact) mass is 266 g/mol. The number of carbonyl (C=O) groups is 1. The number of anilines is 1. The number of para-hydroxylation sites is 1. The maximum absolute atomic E-state index is 12.4. The van der Waals surface area contributed by atoms with Crippen molar-refractivity contribution >= 4 is 11.7 Å². The molecule has 3 nitrogen and oxygen atoms in total. The number of carbonyl (C=O) groups excluding carboxylic acids is 1. The summed E-state index contributed by atoms with van der Waals surface area (Å²) in [4.78, 5) is 14.2. The van der Waals surface area contributed by atoms with Gasteiger partial charge in [-0.05, 0) is 30.5 Å². The van der Waals surface area contributed by atoms with Crippen molar-refractivity contribution in [2.75, 3.05) is 11.4 Å². The minimum Gasteiger partial charge on any atom is -0.331 e. The molecule has 1 aliphatic heterocycles. The van der Waals surface area contributed by atoms with Crippen molar-refractivity contribution in [3.05, 3.63) is 65.7 Å². The number of benzene rings is 2. The van der Waals surface area contributed by atoms with Crippen molar-refractivity contribution in [1.82, 2.24) is 5.32 Å². The summed E-state index contributed by atoms with van der Waals surface area (Å²) < 4.78 is 0. The molecule has 0 bridgehead atoms. The third-order valence-electron chi connectivity index (χ3n) is 3.77. The normalized spacial score (nSPS) is 14.8. The Labute approximate surface area is 119 Å². The molecule has 1 N–H and O–H groups in total. The summed E-state index contributed by atoms with van der Waals surface area (Å²) in [6, 6.07) is 18.1. The second-order valence-corrected chi connectivity index (χ2v) is 5.11. The topological polar surface area (TPSA) is 32.3 Å². The highest BCUT2D eigenvalue weighted by atomic mass is 16.2. The van der Waals surface area contributed by atoms with Crippen LogP contribution in [0.4, 0.5) is 10.5 Å². The molecule has 0 spiro atoms. The molecule has 0 radical (unpaired) electrons. The lowest BCUT2D eigenvalue weighted by atomic mass is 10.1. The molecule has 3 rings (SSSR count). The maximum atomic E-state index is 12.4. The predicted molar refractivity (Wildman–Crippen MR) is 80.9 cm³/mol. The van der Waals surface area contributed by atoms with Gasteiger partial charge in [0, 0.05) is 12.2 Å². The summed E-state index contributed by atoms with van der Waals surface area (Å²) in [6.45, 7) is 2.77. The number of urea groups is 1. The summed E-state index contributed by atoms with van der Waals surface area (Å²) in [6.07, 6.45) is 0.934. The van der Waals surface area contributed by atoms with E-state index >= 15 is 0 Å². The van der Waals surface area contributed by atoms with Crippen LogP contribution in [0.25, 0.3) is 0 Å². The molecule has 0 aromatic heterocycles. The zero-order valence-electron chi connectivity index (χ0n) is 11.5. The van der Waals surface area contributed by atoms with Crippen LogP contribution in [0.1, 0.15) is 24.1 Å². The van der Waals surface area contributed by atoms with Crippen LogP contribution >= 0.6 is 0 Å². The fourth-order valence-corrected chi connectivity index (χ4v) is 2.64. The van der Waals surface area contributed by atoms with E-state index in [1.54, 1.807) is 0 Å². The zero-order valence-corrected chi connectivity index (χ0v) is 11.5. The van der Waals surface area contributed by atoms with Crippen LogP contribution in [0.15, 0.2) is 54.6 Å². The van der Waals surface area contributed by atoms with Gasteiger partial charge in [-0.1, -0.05) is 48.5 Å². The SMILES string of the molecule is CC(NC(=O)N1CCc2ccccc21)c1ccccc1. The van der Waals surface area contributed by atoms with Gasteiger partial charge in [-0.15, -0.1) is 0 Å². The van der Waals surface area contributed by atoms with Gasteiger partial charge in [0.25, 0.3) is 0 Å². The fraction of sp³-hybridized carbons (Fsp3) is 0.235. The number of rotatable bonds is 2. The van der Waals surface area contributed by atoms with Gasteiger partial charge in [-0.3, -0.25) is 4.90 Å². The molecule has 1 heterocycles. The van der Waals surface area contributed by atoms with E-state index < -0.39 is 0 Å². The fourth-order valence-electron chi connectivity index (χ4n) is 2.64. The molecule has 2 aromatic rings. The highest BCUT2D eigenvalue weighted by molar-refractivity contribution is 5.94. The predicted octanol–water partition coefficient (Wildman–Crippen LogP) is 3.52. The highest BCUT2D eigenvalue weighted by Gasteiger charge is 2.24. The molecule has 0 saturated carbocycles. The summed E-state index contributed by atoms with van der Waals surface area (Å²) in [5, 5.41) is 3.07. The molecule has 102 valence electrons. The highest BCUT2D eigenvalue weighted by Crippen LogP contribution is 2.27. The van der Waals surface area contributed by atoms with E-state index in [2.05, 4.69) is 11.4 Å². The lowest BCUT2D eigenvalue weighted by molar-refractivity contribution is 0.244. The summed E-state index contributed by atoms with van der Waals surface area (Å²) in [5.41, 5.74) is 3.40. The molecule has 0 saturated heterocycles. The van der Waals surface area contributed by atoms with Gasteiger partial charge in [0.1, 0.15) is 0 Å². The van der Waals surface area contributed by atoms with Crippen LogP contribution in [0.3, 0.4) is 0 Å². The van der Waals surface area contributed by atoms with E-state index in [1.807, 2.05) is 60.4 Å². The van der Waals surface area contributed by atoms with E-state index in [1.165, 1.54) is 5.56 Å². The van der Waals surface area contributed by atoms with Crippen LogP contribution in [-0.4, -0.2) is 12.6 Å². The Morgan fingerprint density at radius 2 is 1.80 bits per heavy atom. The van der Waals surface area contributed by atoms with Gasteiger partial charge in [0.05, 0.1) is 6.04 Å². The van der Waals surface area contributed by atoms with Crippen molar-refractivity contribution in [1.29, 1.82) is 0 Å². The van der Waals surface area contributed by atoms with Crippen LogP contribution < -0.4 is 10.2 Å². The Morgan fingerprint density at radius 3 is 2.60 bits per heavy atom. The molecule has 0 aliphatic carbocycles. The average Bonchev–Trinajstić information content (AvgIpc) is 2.92. The number of nitrogens with one attached hydrogen (secondary N) is 1. The van der Waals surface area contributed by atoms with E-state index in [0.717, 1.165) is 24.2 Å². The van der Waals surface area contributed by atoms with Gasteiger partial charge in [-0.25, -0.2) is 4.79 Å². The molecule has 2 aromatic carbocycles. The number of nitrogens with zero attached hydrogens (tertiary/aromatic N) is 1. The third kappa shape index (κ3) is 2.39. The first kappa shape index (κ1) is 12.7. The minimum absolute atomic E-state index is 0.0106. The molecule has 3 heteroatoms. The first-order chi connectivity index (χ1) is 9.75. The molecule has 20 heavy (non-hydrogen) atoms. The lowest BCUT2D eigenvalue weighted by Gasteiger charge is -2.21. The van der Waals surface area contributed by atoms with Gasteiger partial charge < -0.3 is 5.32 Å². The number of fused-ring (bicyclic) bond motifs is 1. The largest absolute Gasteiger partial charge is 0.331 e. The first-order valence-electron chi connectivity index (χ1n) is 6.96. The molecular formula is C17H18N2O. The van der Waals surface area contributed by atoms with Gasteiger partial charge >= 0.3 is 6.03 Å². The quantitative estimate of drug-likeness (QED) is 0.886. The van der Waals surface area contributed by atoms with E-state index in [4.69, 9.17) is 0 Å². The molecule has 0 fully saturated rings. The molecular weight excluding hydrogens is 248 g/mol. The van der Waals surface area contributed by atoms with Gasteiger partial charge in [-0.2, -0.15) is 0 Å². The summed E-state index contributed by atoms with van der Waals surface area (Å²) >= 11 is 0. The van der Waals surface area contributed by atoms with E-state index in [0.29, 0.717) is 0 Å². The Morgan fingerprint density at radius 1 is 1.10 bits per heavy atom. The van der Waals surface area contributed by atoms with Crippen LogP contribution in [0.2, 0.25) is 0 Å². The molecule has 1 unspecified atom stereocenters. The van der Waals surface area contributed by atoms with Gasteiger partial charge in [0.2, 0.25) is 0 Å². The van der Waals surface area contributed by atoms with Crippen LogP contribution in [0.5, 0.6) is 0 Å². The first-order valence-corrected chi connectivity index (χ1v) is 6.96. The second kappa shape index (κ2) is 5.37. The Balaban J connectivity index is 1.72. The maximum Gasteiger partial charge on any atom is 0.322 e. The number of hydrogen-bond acceptors (Lipinski definition) is 1. The smallest absolute Gasteiger partial charge is 0.322 e. The molecule has 1 aliphatic rings. The second-order valence-electron chi connectivity index (χ2n) is 5.11. The minimum atomic E-state index is -0.0219. The van der Waals surface area contributed by atoms with Crippen molar-refractivity contribution < 1.29 is 4.79 Å². The Hall–Kier alpha value is -2.29. The van der Waals surface area contributed by atoms with Crippen molar-refractivity contribution in [3.8, 4) is 0 Å². The lowest BCUT2D eigenvalue weighted by Crippen LogP contribution is -2.40. The third-order valence-corrected chi connectivity index (χ3v) is 3.77. The Kier molecular flexibility index (Phi) is 3.42. The summed E-state index contributed by atoms with van der Waals surface area (Å²) in [7, 11) is 0. The van der Waals surface area contributed by atoms with Crippen LogP contribution in [0, 0.1) is 0 Å². The number of amides is 2. The van der Waals surface area contributed by atoms with Crippen molar-refractivity contribution in [3.63, 3.8) is 0 Å². The van der Waals surface area contributed by atoms with Gasteiger partial charge in [0.15, 0.2) is 0 Å². The van der Waals surface area contributed by atoms with E-state index in [-0.39, 0.29) is 12.1 Å². The summed E-state index contributed by atoms with van der Waals surface area (Å²) in [5.74, 6) is 0. The Bertz CT molecular complexity index is 609. The van der Waals surface area contributed by atoms with Crippen LogP contribution in [-0.2, 0) is 6.42 Å². The standard InChI is InChI=1S/C17H18N2O/c1-13(14-7-3-2-4-8-14)18-17(20)19-12-11-15-9-5-6-10-16(15)19/h2-10,13H,11-12H2,1H3,(H,18,20). The zero-order chi connectivity index (χ0) is 13.9. The molecule has 2 amide bonds. The average molecular weight is 266 g/mol. The van der Waals surface area contributed by atoms with Crippen molar-refractivity contribution in [2.24, 2.45) is 0 Å². The van der Waals surface area contributed by atoms with E-state index in [9.17, 15) is 4.79 Å². The molecule has 1 atom stereocenters. The van der Waals surface area contributed by atoms with Crippen molar-refractivity contribution in [2.45, 2.75) is 19.4 Å². The number of hydrogen-bond donors (Lipinski definition) is 1.